The molecular weight excluding hydrogens is 404 g/mol. The number of fused-ring (bicyclic) bond motifs is 2. The lowest BCUT2D eigenvalue weighted by Gasteiger charge is -2.20. The topological polar surface area (TPSA) is 94.4 Å². The van der Waals surface area contributed by atoms with E-state index in [-0.39, 0.29) is 6.61 Å². The van der Waals surface area contributed by atoms with Crippen LogP contribution in [0.5, 0.6) is 17.2 Å². The van der Waals surface area contributed by atoms with Gasteiger partial charge < -0.3 is 24.5 Å². The number of β-amino-alcohol motifs (C(OH)–C–C–N with tert-alkyl or cyclic N) is 1. The molecule has 1 saturated heterocycles. The quantitative estimate of drug-likeness (QED) is 0.458. The third kappa shape index (κ3) is 4.24. The van der Waals surface area contributed by atoms with Crippen LogP contribution in [-0.2, 0) is 0 Å². The van der Waals surface area contributed by atoms with Gasteiger partial charge in [-0.15, -0.1) is 0 Å². The highest BCUT2D eigenvalue weighted by atomic mass is 16.5. The van der Waals surface area contributed by atoms with E-state index >= 15 is 0 Å². The number of rotatable bonds is 7. The summed E-state index contributed by atoms with van der Waals surface area (Å²) in [6.07, 6.45) is 5.29. The van der Waals surface area contributed by atoms with E-state index in [1.165, 1.54) is 12.8 Å². The Bertz CT molecular complexity index is 1290. The van der Waals surface area contributed by atoms with E-state index in [9.17, 15) is 10.4 Å². The Balaban J connectivity index is 1.37. The number of nitriles is 1. The molecule has 1 aliphatic rings. The van der Waals surface area contributed by atoms with E-state index in [0.717, 1.165) is 29.4 Å². The SMILES string of the molecule is N#Cc1cc2c(Oc3ccc4[nH]ccc4c3)ccnc2cc1OC[C@H](O)CN1CCCC1. The third-order valence-corrected chi connectivity index (χ3v) is 5.77. The van der Waals surface area contributed by atoms with Gasteiger partial charge in [-0.1, -0.05) is 0 Å². The number of nitrogens with zero attached hydrogens (tertiary/aromatic N) is 3. The minimum Gasteiger partial charge on any atom is -0.489 e. The smallest absolute Gasteiger partial charge is 0.139 e. The van der Waals surface area contributed by atoms with Crippen LogP contribution < -0.4 is 9.47 Å². The number of aliphatic hydroxyl groups is 1. The van der Waals surface area contributed by atoms with Gasteiger partial charge in [0, 0.05) is 41.3 Å². The molecule has 2 N–H and O–H groups in total. The van der Waals surface area contributed by atoms with Gasteiger partial charge in [-0.3, -0.25) is 4.98 Å². The molecule has 0 unspecified atom stereocenters. The van der Waals surface area contributed by atoms with Crippen LogP contribution in [0.1, 0.15) is 18.4 Å². The number of aromatic nitrogens is 2. The first kappa shape index (κ1) is 20.3. The summed E-state index contributed by atoms with van der Waals surface area (Å²) >= 11 is 0. The summed E-state index contributed by atoms with van der Waals surface area (Å²) in [5.41, 5.74) is 2.08. The molecule has 2 aromatic carbocycles. The van der Waals surface area contributed by atoms with Gasteiger partial charge in [0.2, 0.25) is 0 Å². The molecule has 1 fully saturated rings. The molecular formula is C25H24N4O3. The maximum Gasteiger partial charge on any atom is 0.139 e. The van der Waals surface area contributed by atoms with E-state index < -0.39 is 6.10 Å². The average Bonchev–Trinajstić information content (AvgIpc) is 3.49. The first-order valence-corrected chi connectivity index (χ1v) is 10.8. The summed E-state index contributed by atoms with van der Waals surface area (Å²) in [5, 5.41) is 21.8. The van der Waals surface area contributed by atoms with Crippen molar-refractivity contribution in [2.24, 2.45) is 0 Å². The number of hydrogen-bond acceptors (Lipinski definition) is 6. The van der Waals surface area contributed by atoms with Crippen molar-refractivity contribution in [2.45, 2.75) is 18.9 Å². The van der Waals surface area contributed by atoms with E-state index in [4.69, 9.17) is 9.47 Å². The Labute approximate surface area is 185 Å². The Morgan fingerprint density at radius 1 is 1.12 bits per heavy atom. The molecule has 2 aromatic heterocycles. The van der Waals surface area contributed by atoms with Crippen LogP contribution in [0.4, 0.5) is 0 Å². The number of hydrogen-bond donors (Lipinski definition) is 2. The molecule has 5 rings (SSSR count). The lowest BCUT2D eigenvalue weighted by atomic mass is 10.1. The standard InChI is InChI=1S/C25H24N4O3/c26-14-18-12-21-23(13-25(18)31-16-19(30)15-29-9-1-2-10-29)28-8-6-24(21)32-20-3-4-22-17(11-20)5-7-27-22/h3-8,11-13,19,27,30H,1-2,9-10,15-16H2/t19-/m1/s1. The monoisotopic (exact) mass is 428 g/mol. The Morgan fingerprint density at radius 2 is 2.00 bits per heavy atom. The van der Waals surface area contributed by atoms with Crippen LogP contribution in [-0.4, -0.2) is 52.3 Å². The van der Waals surface area contributed by atoms with Gasteiger partial charge in [-0.2, -0.15) is 5.26 Å². The molecule has 7 heteroatoms. The number of H-pyrrole nitrogens is 1. The van der Waals surface area contributed by atoms with E-state index in [0.29, 0.717) is 34.9 Å². The van der Waals surface area contributed by atoms with Gasteiger partial charge in [0.1, 0.15) is 36.0 Å². The molecule has 0 aliphatic carbocycles. The Morgan fingerprint density at radius 3 is 2.84 bits per heavy atom. The zero-order chi connectivity index (χ0) is 21.9. The van der Waals surface area contributed by atoms with Crippen molar-refractivity contribution in [3.8, 4) is 23.3 Å². The normalized spacial score (nSPS) is 15.1. The van der Waals surface area contributed by atoms with Crippen molar-refractivity contribution in [1.82, 2.24) is 14.9 Å². The number of aromatic amines is 1. The van der Waals surface area contributed by atoms with Gasteiger partial charge >= 0.3 is 0 Å². The molecule has 0 saturated carbocycles. The van der Waals surface area contributed by atoms with E-state index in [1.807, 2.05) is 30.5 Å². The highest BCUT2D eigenvalue weighted by Gasteiger charge is 2.17. The maximum absolute atomic E-state index is 10.3. The summed E-state index contributed by atoms with van der Waals surface area (Å²) in [7, 11) is 0. The van der Waals surface area contributed by atoms with Crippen LogP contribution in [0, 0.1) is 11.3 Å². The second-order valence-electron chi connectivity index (χ2n) is 8.09. The number of likely N-dealkylation sites (tertiary alicyclic amines) is 1. The van der Waals surface area contributed by atoms with Crippen molar-refractivity contribution in [1.29, 1.82) is 5.26 Å². The van der Waals surface area contributed by atoms with Crippen LogP contribution >= 0.6 is 0 Å². The number of ether oxygens (including phenoxy) is 2. The number of nitrogens with one attached hydrogen (secondary N) is 1. The molecule has 0 amide bonds. The van der Waals surface area contributed by atoms with Crippen molar-refractivity contribution >= 4 is 21.8 Å². The number of pyridine rings is 1. The minimum atomic E-state index is -0.610. The molecule has 3 heterocycles. The molecule has 0 bridgehead atoms. The molecule has 1 atom stereocenters. The molecule has 0 spiro atoms. The molecule has 1 aliphatic heterocycles. The Hall–Kier alpha value is -3.60. The maximum atomic E-state index is 10.3. The zero-order valence-corrected chi connectivity index (χ0v) is 17.6. The van der Waals surface area contributed by atoms with Crippen LogP contribution in [0.25, 0.3) is 21.8 Å². The second-order valence-corrected chi connectivity index (χ2v) is 8.09. The van der Waals surface area contributed by atoms with Crippen LogP contribution in [0.3, 0.4) is 0 Å². The van der Waals surface area contributed by atoms with E-state index in [2.05, 4.69) is 20.9 Å². The van der Waals surface area contributed by atoms with Crippen molar-refractivity contribution < 1.29 is 14.6 Å². The fourth-order valence-corrected chi connectivity index (χ4v) is 4.17. The van der Waals surface area contributed by atoms with Gasteiger partial charge in [-0.25, -0.2) is 0 Å². The van der Waals surface area contributed by atoms with Gasteiger partial charge in [-0.05, 0) is 62.3 Å². The summed E-state index contributed by atoms with van der Waals surface area (Å²) < 4.78 is 12.0. The fourth-order valence-electron chi connectivity index (χ4n) is 4.17. The number of aliphatic hydroxyl groups excluding tert-OH is 1. The van der Waals surface area contributed by atoms with Crippen molar-refractivity contribution in [3.05, 3.63) is 60.4 Å². The number of benzene rings is 2. The van der Waals surface area contributed by atoms with Crippen molar-refractivity contribution in [2.75, 3.05) is 26.2 Å². The van der Waals surface area contributed by atoms with Gasteiger partial charge in [0.05, 0.1) is 11.1 Å². The average molecular weight is 428 g/mol. The predicted octanol–water partition coefficient (Wildman–Crippen LogP) is 4.22. The van der Waals surface area contributed by atoms with Crippen LogP contribution in [0.2, 0.25) is 0 Å². The molecule has 162 valence electrons. The lowest BCUT2D eigenvalue weighted by Crippen LogP contribution is -2.33. The minimum absolute atomic E-state index is 0.129. The van der Waals surface area contributed by atoms with Crippen LogP contribution in [0.15, 0.2) is 54.9 Å². The third-order valence-electron chi connectivity index (χ3n) is 5.77. The zero-order valence-electron chi connectivity index (χ0n) is 17.6. The molecule has 4 aromatic rings. The first-order chi connectivity index (χ1) is 15.7. The van der Waals surface area contributed by atoms with Crippen molar-refractivity contribution in [3.63, 3.8) is 0 Å². The highest BCUT2D eigenvalue weighted by molar-refractivity contribution is 5.88. The van der Waals surface area contributed by atoms with Gasteiger partial charge in [0.25, 0.3) is 0 Å². The summed E-state index contributed by atoms with van der Waals surface area (Å²) in [5.74, 6) is 1.73. The fraction of sp³-hybridized carbons (Fsp3) is 0.280. The first-order valence-electron chi connectivity index (χ1n) is 10.8. The summed E-state index contributed by atoms with van der Waals surface area (Å²) in [4.78, 5) is 9.82. The molecule has 0 radical (unpaired) electrons. The molecule has 7 nitrogen and oxygen atoms in total. The second kappa shape index (κ2) is 8.87. The van der Waals surface area contributed by atoms with E-state index in [1.54, 1.807) is 24.4 Å². The molecule has 32 heavy (non-hydrogen) atoms. The Kier molecular flexibility index (Phi) is 5.63. The highest BCUT2D eigenvalue weighted by Crippen LogP contribution is 2.34. The predicted molar refractivity (Wildman–Crippen MR) is 122 cm³/mol. The summed E-state index contributed by atoms with van der Waals surface area (Å²) in [6.45, 7) is 2.74. The largest absolute Gasteiger partial charge is 0.489 e. The lowest BCUT2D eigenvalue weighted by molar-refractivity contribution is 0.0758. The van der Waals surface area contributed by atoms with Gasteiger partial charge in [0.15, 0.2) is 0 Å². The summed E-state index contributed by atoms with van der Waals surface area (Å²) in [6, 6.07) is 15.3.